The van der Waals surface area contributed by atoms with E-state index in [1.807, 2.05) is 25.1 Å². The number of ether oxygens (including phenoxy) is 1. The SMILES string of the molecule is Cc1ccc(C)c(Oc2cccc(Cl)c2CN)c1C. The highest BCUT2D eigenvalue weighted by molar-refractivity contribution is 6.31. The summed E-state index contributed by atoms with van der Waals surface area (Å²) < 4.78 is 6.06. The molecule has 3 heteroatoms. The van der Waals surface area contributed by atoms with Crippen LogP contribution >= 0.6 is 11.6 Å². The van der Waals surface area contributed by atoms with Gasteiger partial charge in [0.2, 0.25) is 0 Å². The fraction of sp³-hybridized carbons (Fsp3) is 0.250. The van der Waals surface area contributed by atoms with Crippen molar-refractivity contribution >= 4 is 11.6 Å². The quantitative estimate of drug-likeness (QED) is 0.894. The maximum atomic E-state index is 6.15. The lowest BCUT2D eigenvalue weighted by Crippen LogP contribution is -2.02. The van der Waals surface area contributed by atoms with Crippen LogP contribution in [0.2, 0.25) is 5.02 Å². The molecule has 0 unspecified atom stereocenters. The Morgan fingerprint density at radius 3 is 2.42 bits per heavy atom. The molecule has 2 nitrogen and oxygen atoms in total. The van der Waals surface area contributed by atoms with Crippen LogP contribution in [0.25, 0.3) is 0 Å². The lowest BCUT2D eigenvalue weighted by atomic mass is 10.1. The van der Waals surface area contributed by atoms with Crippen molar-refractivity contribution in [2.45, 2.75) is 27.3 Å². The molecule has 2 N–H and O–H groups in total. The molecule has 0 fully saturated rings. The molecule has 0 aliphatic heterocycles. The molecule has 2 aromatic rings. The van der Waals surface area contributed by atoms with Crippen molar-refractivity contribution in [3.8, 4) is 11.5 Å². The zero-order valence-corrected chi connectivity index (χ0v) is 12.2. The monoisotopic (exact) mass is 275 g/mol. The van der Waals surface area contributed by atoms with Gasteiger partial charge in [0.15, 0.2) is 0 Å². The van der Waals surface area contributed by atoms with Crippen LogP contribution in [-0.2, 0) is 6.54 Å². The Balaban J connectivity index is 2.48. The van der Waals surface area contributed by atoms with Crippen LogP contribution in [0, 0.1) is 20.8 Å². The van der Waals surface area contributed by atoms with E-state index >= 15 is 0 Å². The number of hydrogen-bond acceptors (Lipinski definition) is 2. The summed E-state index contributed by atoms with van der Waals surface area (Å²) in [4.78, 5) is 0. The van der Waals surface area contributed by atoms with Gasteiger partial charge in [-0.3, -0.25) is 0 Å². The van der Waals surface area contributed by atoms with E-state index in [1.54, 1.807) is 0 Å². The minimum atomic E-state index is 0.360. The van der Waals surface area contributed by atoms with Gasteiger partial charge in [-0.25, -0.2) is 0 Å². The van der Waals surface area contributed by atoms with E-state index in [1.165, 1.54) is 5.56 Å². The summed E-state index contributed by atoms with van der Waals surface area (Å²) in [5.41, 5.74) is 10.0. The highest BCUT2D eigenvalue weighted by Gasteiger charge is 2.11. The summed E-state index contributed by atoms with van der Waals surface area (Å²) in [5, 5.41) is 0.642. The minimum Gasteiger partial charge on any atom is -0.456 e. The molecule has 0 aliphatic carbocycles. The first kappa shape index (κ1) is 13.9. The Morgan fingerprint density at radius 2 is 1.74 bits per heavy atom. The number of benzene rings is 2. The molecule has 0 saturated carbocycles. The Hall–Kier alpha value is -1.51. The van der Waals surface area contributed by atoms with E-state index in [0.29, 0.717) is 11.6 Å². The van der Waals surface area contributed by atoms with Gasteiger partial charge >= 0.3 is 0 Å². The van der Waals surface area contributed by atoms with Gasteiger partial charge < -0.3 is 10.5 Å². The summed E-state index contributed by atoms with van der Waals surface area (Å²) in [6.07, 6.45) is 0. The molecule has 2 rings (SSSR count). The van der Waals surface area contributed by atoms with Crippen LogP contribution in [0.1, 0.15) is 22.3 Å². The second-order valence-corrected chi connectivity index (χ2v) is 5.08. The zero-order valence-electron chi connectivity index (χ0n) is 11.5. The maximum absolute atomic E-state index is 6.15. The third-order valence-electron chi connectivity index (χ3n) is 3.37. The van der Waals surface area contributed by atoms with Crippen molar-refractivity contribution < 1.29 is 4.74 Å². The number of rotatable bonds is 3. The predicted molar refractivity (Wildman–Crippen MR) is 80.1 cm³/mol. The Morgan fingerprint density at radius 1 is 1.05 bits per heavy atom. The van der Waals surface area contributed by atoms with Crippen LogP contribution in [0.4, 0.5) is 0 Å². The van der Waals surface area contributed by atoms with Gasteiger partial charge in [-0.1, -0.05) is 29.8 Å². The molecule has 0 radical (unpaired) electrons. The summed E-state index contributed by atoms with van der Waals surface area (Å²) in [6.45, 7) is 6.53. The summed E-state index contributed by atoms with van der Waals surface area (Å²) in [6, 6.07) is 9.75. The minimum absolute atomic E-state index is 0.360. The topological polar surface area (TPSA) is 35.2 Å². The lowest BCUT2D eigenvalue weighted by molar-refractivity contribution is 0.468. The van der Waals surface area contributed by atoms with Crippen molar-refractivity contribution in [2.75, 3.05) is 0 Å². The first-order valence-corrected chi connectivity index (χ1v) is 6.64. The van der Waals surface area contributed by atoms with Gasteiger partial charge in [-0.15, -0.1) is 0 Å². The number of halogens is 1. The molecule has 0 aromatic heterocycles. The smallest absolute Gasteiger partial charge is 0.133 e. The molecule has 19 heavy (non-hydrogen) atoms. The van der Waals surface area contributed by atoms with E-state index in [2.05, 4.69) is 26.0 Å². The van der Waals surface area contributed by atoms with Gasteiger partial charge in [-0.2, -0.15) is 0 Å². The van der Waals surface area contributed by atoms with Gasteiger partial charge in [-0.05, 0) is 49.6 Å². The van der Waals surface area contributed by atoms with E-state index in [0.717, 1.165) is 28.2 Å². The molecule has 0 spiro atoms. The van der Waals surface area contributed by atoms with E-state index < -0.39 is 0 Å². The lowest BCUT2D eigenvalue weighted by Gasteiger charge is -2.16. The third-order valence-corrected chi connectivity index (χ3v) is 3.72. The molecule has 2 aromatic carbocycles. The van der Waals surface area contributed by atoms with Crippen molar-refractivity contribution in [3.05, 3.63) is 57.6 Å². The van der Waals surface area contributed by atoms with Gasteiger partial charge in [0.1, 0.15) is 11.5 Å². The first-order chi connectivity index (χ1) is 9.04. The fourth-order valence-corrected chi connectivity index (χ4v) is 2.27. The molecule has 100 valence electrons. The standard InChI is InChI=1S/C16H18ClNO/c1-10-7-8-11(2)16(12(10)3)19-15-6-4-5-14(17)13(15)9-18/h4-8H,9,18H2,1-3H3. The summed E-state index contributed by atoms with van der Waals surface area (Å²) in [7, 11) is 0. The van der Waals surface area contributed by atoms with Crippen LogP contribution in [0.3, 0.4) is 0 Å². The fourth-order valence-electron chi connectivity index (χ4n) is 2.03. The highest BCUT2D eigenvalue weighted by Crippen LogP contribution is 2.34. The van der Waals surface area contributed by atoms with Gasteiger partial charge in [0, 0.05) is 17.1 Å². The second kappa shape index (κ2) is 5.64. The second-order valence-electron chi connectivity index (χ2n) is 4.68. The average Bonchev–Trinajstić information content (AvgIpc) is 2.39. The summed E-state index contributed by atoms with van der Waals surface area (Å²) in [5.74, 6) is 1.61. The molecule has 0 bridgehead atoms. The molecule has 0 aliphatic rings. The van der Waals surface area contributed by atoms with Crippen LogP contribution in [0.15, 0.2) is 30.3 Å². The molecule has 0 amide bonds. The number of aryl methyl sites for hydroxylation is 2. The van der Waals surface area contributed by atoms with Crippen LogP contribution in [-0.4, -0.2) is 0 Å². The Kier molecular flexibility index (Phi) is 4.13. The van der Waals surface area contributed by atoms with Crippen molar-refractivity contribution in [3.63, 3.8) is 0 Å². The molecule has 0 heterocycles. The first-order valence-electron chi connectivity index (χ1n) is 6.26. The largest absolute Gasteiger partial charge is 0.456 e. The van der Waals surface area contributed by atoms with Crippen LogP contribution in [0.5, 0.6) is 11.5 Å². The normalized spacial score (nSPS) is 10.6. The molecule has 0 saturated heterocycles. The van der Waals surface area contributed by atoms with Gasteiger partial charge in [0.25, 0.3) is 0 Å². The molecular weight excluding hydrogens is 258 g/mol. The van der Waals surface area contributed by atoms with Crippen LogP contribution < -0.4 is 10.5 Å². The van der Waals surface area contributed by atoms with Crippen molar-refractivity contribution in [1.29, 1.82) is 0 Å². The molecule has 0 atom stereocenters. The zero-order chi connectivity index (χ0) is 14.0. The van der Waals surface area contributed by atoms with E-state index in [-0.39, 0.29) is 0 Å². The van der Waals surface area contributed by atoms with E-state index in [4.69, 9.17) is 22.1 Å². The van der Waals surface area contributed by atoms with Crippen molar-refractivity contribution in [1.82, 2.24) is 0 Å². The predicted octanol–water partition coefficient (Wildman–Crippen LogP) is 4.52. The van der Waals surface area contributed by atoms with Crippen molar-refractivity contribution in [2.24, 2.45) is 5.73 Å². The number of nitrogens with two attached hydrogens (primary N) is 1. The number of hydrogen-bond donors (Lipinski definition) is 1. The average molecular weight is 276 g/mol. The van der Waals surface area contributed by atoms with Gasteiger partial charge in [0.05, 0.1) is 0 Å². The third kappa shape index (κ3) is 2.75. The summed E-state index contributed by atoms with van der Waals surface area (Å²) >= 11 is 6.15. The highest BCUT2D eigenvalue weighted by atomic mass is 35.5. The maximum Gasteiger partial charge on any atom is 0.133 e. The molecular formula is C16H18ClNO. The van der Waals surface area contributed by atoms with E-state index in [9.17, 15) is 0 Å². The Bertz CT molecular complexity index is 608. The Labute approximate surface area is 119 Å².